The summed E-state index contributed by atoms with van der Waals surface area (Å²) in [6.07, 6.45) is 0.477. The molecule has 4 heteroatoms. The summed E-state index contributed by atoms with van der Waals surface area (Å²) >= 11 is 0. The number of hydrogen-bond acceptors (Lipinski definition) is 4. The van der Waals surface area contributed by atoms with Crippen LogP contribution in [-0.4, -0.2) is 24.7 Å². The summed E-state index contributed by atoms with van der Waals surface area (Å²) < 4.78 is 5.71. The molecule has 4 nitrogen and oxygen atoms in total. The van der Waals surface area contributed by atoms with Crippen LogP contribution in [0.3, 0.4) is 0 Å². The molecule has 2 fully saturated rings. The van der Waals surface area contributed by atoms with Crippen molar-refractivity contribution in [3.8, 4) is 11.1 Å². The Bertz CT molecular complexity index is 956. The summed E-state index contributed by atoms with van der Waals surface area (Å²) in [6.45, 7) is 0.634. The van der Waals surface area contributed by atoms with E-state index in [0.717, 1.165) is 23.2 Å². The van der Waals surface area contributed by atoms with Crippen LogP contribution in [0.15, 0.2) is 84.9 Å². The number of anilines is 1. The van der Waals surface area contributed by atoms with E-state index in [0.29, 0.717) is 12.2 Å². The molecule has 0 amide bonds. The van der Waals surface area contributed by atoms with E-state index in [1.54, 1.807) is 5.06 Å². The number of benzene rings is 3. The molecule has 5 rings (SSSR count). The molecular weight excluding hydrogens is 350 g/mol. The quantitative estimate of drug-likeness (QED) is 0.622. The Kier molecular flexibility index (Phi) is 4.43. The van der Waals surface area contributed by atoms with Gasteiger partial charge < -0.3 is 4.74 Å². The van der Waals surface area contributed by atoms with Crippen LogP contribution in [0.25, 0.3) is 11.1 Å². The van der Waals surface area contributed by atoms with Gasteiger partial charge in [-0.25, -0.2) is 9.90 Å². The number of ether oxygens (including phenoxy) is 1. The van der Waals surface area contributed by atoms with Crippen molar-refractivity contribution in [1.29, 1.82) is 0 Å². The van der Waals surface area contributed by atoms with Gasteiger partial charge in [-0.15, -0.1) is 0 Å². The number of carbonyl (C=O) groups excluding carboxylic acids is 1. The van der Waals surface area contributed by atoms with Gasteiger partial charge in [0.05, 0.1) is 12.3 Å². The molecule has 2 heterocycles. The summed E-state index contributed by atoms with van der Waals surface area (Å²) in [6, 6.07) is 27.4. The molecule has 0 aliphatic carbocycles. The molecular formula is C24H21NO3. The molecule has 2 saturated heterocycles. The third kappa shape index (κ3) is 3.01. The molecule has 3 atom stereocenters. The Labute approximate surface area is 164 Å². The Morgan fingerprint density at radius 2 is 1.46 bits per heavy atom. The van der Waals surface area contributed by atoms with Crippen molar-refractivity contribution in [3.05, 3.63) is 90.5 Å². The molecule has 0 unspecified atom stereocenters. The molecule has 0 aromatic heterocycles. The van der Waals surface area contributed by atoms with E-state index in [4.69, 9.17) is 9.57 Å². The number of para-hydroxylation sites is 1. The maximum atomic E-state index is 13.4. The van der Waals surface area contributed by atoms with E-state index in [-0.39, 0.29) is 24.0 Å². The predicted octanol–water partition coefficient (Wildman–Crippen LogP) is 4.72. The average molecular weight is 371 g/mol. The molecule has 140 valence electrons. The van der Waals surface area contributed by atoms with Crippen molar-refractivity contribution in [3.63, 3.8) is 0 Å². The van der Waals surface area contributed by atoms with Crippen LogP contribution >= 0.6 is 0 Å². The molecule has 28 heavy (non-hydrogen) atoms. The number of hydrogen-bond donors (Lipinski definition) is 0. The SMILES string of the molecule is O=C(c1ccc(-c2ccccc2)cc1)[C@@H]1[C@H]2CCO[C@H]2ON1c1ccccc1. The summed E-state index contributed by atoms with van der Waals surface area (Å²) in [5.41, 5.74) is 3.81. The van der Waals surface area contributed by atoms with Crippen LogP contribution in [0.4, 0.5) is 5.69 Å². The first-order valence-corrected chi connectivity index (χ1v) is 9.63. The molecule has 2 aliphatic heterocycles. The lowest BCUT2D eigenvalue weighted by Crippen LogP contribution is -2.39. The van der Waals surface area contributed by atoms with Crippen LogP contribution in [0.1, 0.15) is 16.8 Å². The first kappa shape index (κ1) is 17.2. The number of fused-ring (bicyclic) bond motifs is 1. The van der Waals surface area contributed by atoms with Crippen molar-refractivity contribution in [1.82, 2.24) is 0 Å². The Balaban J connectivity index is 1.45. The highest BCUT2D eigenvalue weighted by atomic mass is 16.8. The predicted molar refractivity (Wildman–Crippen MR) is 108 cm³/mol. The molecule has 0 bridgehead atoms. The average Bonchev–Trinajstić information content (AvgIpc) is 3.36. The third-order valence-corrected chi connectivity index (χ3v) is 5.51. The first-order valence-electron chi connectivity index (χ1n) is 9.63. The first-order chi connectivity index (χ1) is 13.8. The fourth-order valence-electron chi connectivity index (χ4n) is 4.07. The van der Waals surface area contributed by atoms with E-state index in [9.17, 15) is 4.79 Å². The minimum Gasteiger partial charge on any atom is -0.350 e. The Hall–Kier alpha value is -2.95. The molecule has 0 N–H and O–H groups in total. The fourth-order valence-corrected chi connectivity index (χ4v) is 4.07. The van der Waals surface area contributed by atoms with Crippen molar-refractivity contribution < 1.29 is 14.4 Å². The highest BCUT2D eigenvalue weighted by molar-refractivity contribution is 6.02. The van der Waals surface area contributed by atoms with Crippen LogP contribution in [-0.2, 0) is 9.57 Å². The van der Waals surface area contributed by atoms with Crippen molar-refractivity contribution in [2.75, 3.05) is 11.7 Å². The second-order valence-electron chi connectivity index (χ2n) is 7.21. The van der Waals surface area contributed by atoms with E-state index >= 15 is 0 Å². The van der Waals surface area contributed by atoms with Crippen LogP contribution in [0.5, 0.6) is 0 Å². The summed E-state index contributed by atoms with van der Waals surface area (Å²) in [4.78, 5) is 19.5. The summed E-state index contributed by atoms with van der Waals surface area (Å²) in [5.74, 6) is 0.114. The van der Waals surface area contributed by atoms with E-state index < -0.39 is 0 Å². The maximum Gasteiger partial charge on any atom is 0.189 e. The lowest BCUT2D eigenvalue weighted by molar-refractivity contribution is -0.0999. The minimum atomic E-state index is -0.377. The minimum absolute atomic E-state index is 0.0431. The number of nitrogens with zero attached hydrogens (tertiary/aromatic N) is 1. The van der Waals surface area contributed by atoms with Crippen molar-refractivity contribution >= 4 is 11.5 Å². The highest BCUT2D eigenvalue weighted by Crippen LogP contribution is 2.40. The largest absolute Gasteiger partial charge is 0.350 e. The second-order valence-corrected chi connectivity index (χ2v) is 7.21. The van der Waals surface area contributed by atoms with Gasteiger partial charge in [-0.2, -0.15) is 0 Å². The molecule has 3 aromatic carbocycles. The van der Waals surface area contributed by atoms with Gasteiger partial charge in [0.2, 0.25) is 0 Å². The fraction of sp³-hybridized carbons (Fsp3) is 0.208. The van der Waals surface area contributed by atoms with Crippen LogP contribution in [0.2, 0.25) is 0 Å². The summed E-state index contributed by atoms with van der Waals surface area (Å²) in [5, 5.41) is 1.74. The third-order valence-electron chi connectivity index (χ3n) is 5.51. The van der Waals surface area contributed by atoms with Gasteiger partial charge in [0.15, 0.2) is 12.1 Å². The Morgan fingerprint density at radius 1 is 0.821 bits per heavy atom. The van der Waals surface area contributed by atoms with Gasteiger partial charge >= 0.3 is 0 Å². The number of hydroxylamine groups is 1. The standard InChI is InChI=1S/C24H21NO3/c26-23(19-13-11-18(12-14-19)17-7-3-1-4-8-17)22-21-15-16-27-24(21)28-25(22)20-9-5-2-6-10-20/h1-14,21-22,24H,15-16H2/t21-,22+,24+/m1/s1. The van der Waals surface area contributed by atoms with Crippen LogP contribution < -0.4 is 5.06 Å². The number of Topliss-reactive ketones (excluding diaryl/α,β-unsaturated/α-hetero) is 1. The molecule has 0 spiro atoms. The van der Waals surface area contributed by atoms with Gasteiger partial charge in [0.25, 0.3) is 0 Å². The molecule has 2 aliphatic rings. The maximum absolute atomic E-state index is 13.4. The summed E-state index contributed by atoms with van der Waals surface area (Å²) in [7, 11) is 0. The monoisotopic (exact) mass is 371 g/mol. The van der Waals surface area contributed by atoms with E-state index in [1.807, 2.05) is 72.8 Å². The zero-order valence-electron chi connectivity index (χ0n) is 15.4. The van der Waals surface area contributed by atoms with E-state index in [2.05, 4.69) is 12.1 Å². The number of ketones is 1. The van der Waals surface area contributed by atoms with Gasteiger partial charge in [-0.3, -0.25) is 4.79 Å². The smallest absolute Gasteiger partial charge is 0.189 e. The van der Waals surface area contributed by atoms with Gasteiger partial charge in [-0.05, 0) is 29.7 Å². The van der Waals surface area contributed by atoms with Crippen molar-refractivity contribution in [2.24, 2.45) is 5.92 Å². The van der Waals surface area contributed by atoms with Crippen molar-refractivity contribution in [2.45, 2.75) is 18.8 Å². The number of carbonyl (C=O) groups is 1. The highest BCUT2D eigenvalue weighted by Gasteiger charge is 2.50. The molecule has 0 radical (unpaired) electrons. The molecule has 0 saturated carbocycles. The number of rotatable bonds is 4. The van der Waals surface area contributed by atoms with Crippen LogP contribution in [0, 0.1) is 5.92 Å². The lowest BCUT2D eigenvalue weighted by Gasteiger charge is -2.25. The van der Waals surface area contributed by atoms with Gasteiger partial charge in [-0.1, -0.05) is 72.8 Å². The lowest BCUT2D eigenvalue weighted by atomic mass is 9.90. The topological polar surface area (TPSA) is 38.8 Å². The zero-order chi connectivity index (χ0) is 18.9. The normalized spacial score (nSPS) is 23.6. The molecule has 3 aromatic rings. The van der Waals surface area contributed by atoms with Gasteiger partial charge in [0, 0.05) is 11.5 Å². The Morgan fingerprint density at radius 3 is 2.18 bits per heavy atom. The van der Waals surface area contributed by atoms with E-state index in [1.165, 1.54) is 0 Å². The second kappa shape index (κ2) is 7.23. The van der Waals surface area contributed by atoms with Gasteiger partial charge in [0.1, 0.15) is 6.04 Å². The zero-order valence-corrected chi connectivity index (χ0v) is 15.4.